The van der Waals surface area contributed by atoms with Crippen molar-refractivity contribution in [3.8, 4) is 11.8 Å². The van der Waals surface area contributed by atoms with Gasteiger partial charge in [0.15, 0.2) is 0 Å². The number of nitrogens with one attached hydrogen (secondary N) is 1. The molecule has 3 rings (SSSR count). The molecule has 1 N–H and O–H groups in total. The summed E-state index contributed by atoms with van der Waals surface area (Å²) in [6.45, 7) is 5.74. The summed E-state index contributed by atoms with van der Waals surface area (Å²) in [6.07, 6.45) is -0.0497. The number of rotatable bonds is 2. The average Bonchev–Trinajstić information content (AvgIpc) is 2.58. The van der Waals surface area contributed by atoms with Gasteiger partial charge in [0, 0.05) is 23.9 Å². The van der Waals surface area contributed by atoms with E-state index in [0.29, 0.717) is 35.0 Å². The van der Waals surface area contributed by atoms with E-state index < -0.39 is 23.6 Å². The number of benzene rings is 2. The Labute approximate surface area is 156 Å². The van der Waals surface area contributed by atoms with Crippen LogP contribution in [-0.2, 0) is 9.47 Å². The lowest BCUT2D eigenvalue weighted by molar-refractivity contribution is 0.0389. The Balaban J connectivity index is 1.76. The highest BCUT2D eigenvalue weighted by atomic mass is 16.6. The molecule has 0 saturated heterocycles. The van der Waals surface area contributed by atoms with E-state index in [0.717, 1.165) is 5.39 Å². The first kappa shape index (κ1) is 18.5. The quantitative estimate of drug-likeness (QED) is 0.382. The van der Waals surface area contributed by atoms with Crippen molar-refractivity contribution in [1.82, 2.24) is 5.32 Å². The van der Waals surface area contributed by atoms with Gasteiger partial charge < -0.3 is 14.8 Å². The van der Waals surface area contributed by atoms with E-state index in [9.17, 15) is 14.4 Å². The molecule has 138 valence electrons. The number of amides is 1. The van der Waals surface area contributed by atoms with Gasteiger partial charge in [0.25, 0.3) is 0 Å². The molecule has 0 atom stereocenters. The molecular weight excluding hydrogens is 346 g/mol. The SMILES string of the molecule is CC(C)(C)OC(=O)NCCC#Cc1ccc2c3c(cccc13)C(=O)OC2=O. The van der Waals surface area contributed by atoms with Crippen LogP contribution in [0.3, 0.4) is 0 Å². The number of alkyl carbamates (subject to hydrolysis) is 1. The van der Waals surface area contributed by atoms with Crippen LogP contribution in [0.1, 0.15) is 53.5 Å². The molecule has 2 aromatic carbocycles. The molecule has 0 saturated carbocycles. The Morgan fingerprint density at radius 1 is 1.11 bits per heavy atom. The first-order valence-electron chi connectivity index (χ1n) is 8.54. The Hall–Kier alpha value is -3.33. The largest absolute Gasteiger partial charge is 0.444 e. The molecule has 0 unspecified atom stereocenters. The first-order chi connectivity index (χ1) is 12.8. The van der Waals surface area contributed by atoms with E-state index in [1.54, 1.807) is 45.0 Å². The fourth-order valence-corrected chi connectivity index (χ4v) is 2.75. The molecule has 0 fully saturated rings. The maximum atomic E-state index is 11.9. The predicted octanol–water partition coefficient (Wildman–Crippen LogP) is 3.42. The van der Waals surface area contributed by atoms with Crippen molar-refractivity contribution in [2.24, 2.45) is 0 Å². The van der Waals surface area contributed by atoms with Gasteiger partial charge in [0.1, 0.15) is 5.60 Å². The monoisotopic (exact) mass is 365 g/mol. The van der Waals surface area contributed by atoms with E-state index >= 15 is 0 Å². The number of hydrogen-bond acceptors (Lipinski definition) is 5. The fraction of sp³-hybridized carbons (Fsp3) is 0.286. The van der Waals surface area contributed by atoms with Gasteiger partial charge in [-0.05, 0) is 44.4 Å². The van der Waals surface area contributed by atoms with Crippen LogP contribution in [0.2, 0.25) is 0 Å². The molecule has 6 heteroatoms. The smallest absolute Gasteiger partial charge is 0.407 e. The highest BCUT2D eigenvalue weighted by Gasteiger charge is 2.27. The zero-order valence-corrected chi connectivity index (χ0v) is 15.3. The lowest BCUT2D eigenvalue weighted by atomic mass is 9.94. The summed E-state index contributed by atoms with van der Waals surface area (Å²) in [7, 11) is 0. The third-order valence-corrected chi connectivity index (χ3v) is 3.81. The van der Waals surface area contributed by atoms with Crippen molar-refractivity contribution in [3.63, 3.8) is 0 Å². The standard InChI is InChI=1S/C21H19NO5/c1-21(2,3)27-20(25)22-12-5-4-7-13-10-11-16-17-14(13)8-6-9-15(17)18(23)26-19(16)24/h6,8-11H,5,12H2,1-3H3,(H,22,25). The zero-order chi connectivity index (χ0) is 19.6. The van der Waals surface area contributed by atoms with Crippen LogP contribution in [0, 0.1) is 11.8 Å². The van der Waals surface area contributed by atoms with Gasteiger partial charge in [-0.3, -0.25) is 0 Å². The van der Waals surface area contributed by atoms with Crippen molar-refractivity contribution in [1.29, 1.82) is 0 Å². The summed E-state index contributed by atoms with van der Waals surface area (Å²) in [5.41, 5.74) is 0.877. The Bertz CT molecular complexity index is 985. The average molecular weight is 365 g/mol. The van der Waals surface area contributed by atoms with Crippen LogP contribution in [0.5, 0.6) is 0 Å². The minimum atomic E-state index is -0.648. The Kier molecular flexibility index (Phi) is 4.87. The van der Waals surface area contributed by atoms with Gasteiger partial charge >= 0.3 is 18.0 Å². The lowest BCUT2D eigenvalue weighted by Crippen LogP contribution is -2.32. The van der Waals surface area contributed by atoms with Crippen LogP contribution in [0.15, 0.2) is 30.3 Å². The minimum absolute atomic E-state index is 0.355. The van der Waals surface area contributed by atoms with E-state index in [1.807, 2.05) is 6.07 Å². The summed E-state index contributed by atoms with van der Waals surface area (Å²) in [5.74, 6) is 4.73. The van der Waals surface area contributed by atoms with Crippen molar-refractivity contribution in [3.05, 3.63) is 47.0 Å². The second kappa shape index (κ2) is 7.12. The third-order valence-electron chi connectivity index (χ3n) is 3.81. The lowest BCUT2D eigenvalue weighted by Gasteiger charge is -2.19. The molecule has 6 nitrogen and oxygen atoms in total. The molecule has 1 aliphatic rings. The van der Waals surface area contributed by atoms with E-state index in [-0.39, 0.29) is 0 Å². The summed E-state index contributed by atoms with van der Waals surface area (Å²) < 4.78 is 9.90. The molecule has 1 heterocycles. The van der Waals surface area contributed by atoms with Gasteiger partial charge in [0.05, 0.1) is 11.1 Å². The van der Waals surface area contributed by atoms with Crippen LogP contribution in [0.25, 0.3) is 10.8 Å². The number of carbonyl (C=O) groups is 3. The highest BCUT2D eigenvalue weighted by molar-refractivity contribution is 6.21. The van der Waals surface area contributed by atoms with E-state index in [1.165, 1.54) is 0 Å². The molecule has 2 aromatic rings. The van der Waals surface area contributed by atoms with Gasteiger partial charge in [-0.1, -0.05) is 24.0 Å². The molecule has 27 heavy (non-hydrogen) atoms. The maximum Gasteiger partial charge on any atom is 0.407 e. The second-order valence-corrected chi connectivity index (χ2v) is 7.05. The summed E-state index contributed by atoms with van der Waals surface area (Å²) in [5, 5.41) is 3.93. The molecule has 1 aliphatic heterocycles. The van der Waals surface area contributed by atoms with Crippen LogP contribution < -0.4 is 5.32 Å². The van der Waals surface area contributed by atoms with Crippen LogP contribution in [-0.4, -0.2) is 30.2 Å². The second-order valence-electron chi connectivity index (χ2n) is 7.05. The Morgan fingerprint density at radius 3 is 2.52 bits per heavy atom. The van der Waals surface area contributed by atoms with Crippen molar-refractivity contribution < 1.29 is 23.9 Å². The summed E-state index contributed by atoms with van der Waals surface area (Å²) >= 11 is 0. The van der Waals surface area contributed by atoms with Crippen molar-refractivity contribution >= 4 is 28.8 Å². The molecule has 1 amide bonds. The van der Waals surface area contributed by atoms with Crippen molar-refractivity contribution in [2.75, 3.05) is 6.54 Å². The number of esters is 2. The molecule has 0 radical (unpaired) electrons. The van der Waals surface area contributed by atoms with Gasteiger partial charge in [-0.2, -0.15) is 0 Å². The molecule has 0 aromatic heterocycles. The molecular formula is C21H19NO5. The topological polar surface area (TPSA) is 81.7 Å². The number of hydrogen-bond donors (Lipinski definition) is 1. The highest BCUT2D eigenvalue weighted by Crippen LogP contribution is 2.30. The molecule has 0 spiro atoms. The molecule has 0 bridgehead atoms. The van der Waals surface area contributed by atoms with Gasteiger partial charge in [-0.25, -0.2) is 14.4 Å². The fourth-order valence-electron chi connectivity index (χ4n) is 2.75. The number of ether oxygens (including phenoxy) is 2. The molecule has 0 aliphatic carbocycles. The minimum Gasteiger partial charge on any atom is -0.444 e. The van der Waals surface area contributed by atoms with Crippen LogP contribution >= 0.6 is 0 Å². The van der Waals surface area contributed by atoms with E-state index in [2.05, 4.69) is 17.2 Å². The van der Waals surface area contributed by atoms with Gasteiger partial charge in [0.2, 0.25) is 0 Å². The summed E-state index contributed by atoms with van der Waals surface area (Å²) in [4.78, 5) is 35.4. The third kappa shape index (κ3) is 4.09. The van der Waals surface area contributed by atoms with E-state index in [4.69, 9.17) is 9.47 Å². The maximum absolute atomic E-state index is 11.9. The van der Waals surface area contributed by atoms with Crippen molar-refractivity contribution in [2.45, 2.75) is 32.8 Å². The normalized spacial score (nSPS) is 12.9. The zero-order valence-electron chi connectivity index (χ0n) is 15.3. The summed E-state index contributed by atoms with van der Waals surface area (Å²) in [6, 6.07) is 8.52. The van der Waals surface area contributed by atoms with Gasteiger partial charge in [-0.15, -0.1) is 0 Å². The number of cyclic esters (lactones) is 2. The Morgan fingerprint density at radius 2 is 1.81 bits per heavy atom. The first-order valence-corrected chi connectivity index (χ1v) is 8.54. The predicted molar refractivity (Wildman–Crippen MR) is 99.4 cm³/mol. The number of carbonyl (C=O) groups excluding carboxylic acids is 3. The van der Waals surface area contributed by atoms with Crippen LogP contribution in [0.4, 0.5) is 4.79 Å².